The molecule has 0 fully saturated rings. The van der Waals surface area contributed by atoms with E-state index in [1.807, 2.05) is 0 Å². The molecule has 0 unspecified atom stereocenters. The molecule has 1 N–H and O–H groups in total. The minimum absolute atomic E-state index is 0.494. The van der Waals surface area contributed by atoms with Gasteiger partial charge in [0.2, 0.25) is 0 Å². The molecule has 4 aromatic carbocycles. The van der Waals surface area contributed by atoms with E-state index in [4.69, 9.17) is 9.47 Å². The smallest absolute Gasteiger partial charge is 0.174 e. The van der Waals surface area contributed by atoms with E-state index in [0.29, 0.717) is 6.61 Å². The molecule has 0 spiro atoms. The summed E-state index contributed by atoms with van der Waals surface area (Å²) in [5, 5.41) is 5.97. The standard InChI is InChI=1S/C27H26INO2/c1-18-11-12-25(19(2)13-18)29-16-20-14-24(28)27(26(15-20)30-3)31-17-22-9-6-8-21-7-4-5-10-23(21)22/h4-15,29H,16-17H2,1-3H3. The van der Waals surface area contributed by atoms with Gasteiger partial charge >= 0.3 is 0 Å². The van der Waals surface area contributed by atoms with Crippen LogP contribution in [0.25, 0.3) is 10.8 Å². The van der Waals surface area contributed by atoms with Gasteiger partial charge in [-0.05, 0) is 82.1 Å². The topological polar surface area (TPSA) is 30.5 Å². The van der Waals surface area contributed by atoms with Crippen LogP contribution in [0.15, 0.2) is 72.8 Å². The summed E-state index contributed by atoms with van der Waals surface area (Å²) in [6.07, 6.45) is 0. The van der Waals surface area contributed by atoms with Gasteiger partial charge < -0.3 is 14.8 Å². The highest BCUT2D eigenvalue weighted by Crippen LogP contribution is 2.35. The molecule has 0 aliphatic rings. The minimum Gasteiger partial charge on any atom is -0.493 e. The lowest BCUT2D eigenvalue weighted by Crippen LogP contribution is -2.04. The highest BCUT2D eigenvalue weighted by molar-refractivity contribution is 14.1. The van der Waals surface area contributed by atoms with Crippen LogP contribution in [0.3, 0.4) is 0 Å². The number of halogens is 1. The Morgan fingerprint density at radius 3 is 2.52 bits per heavy atom. The normalized spacial score (nSPS) is 10.8. The number of nitrogens with one attached hydrogen (secondary N) is 1. The highest BCUT2D eigenvalue weighted by Gasteiger charge is 2.13. The number of rotatable bonds is 7. The fourth-order valence-electron chi connectivity index (χ4n) is 3.79. The first-order valence-corrected chi connectivity index (χ1v) is 11.4. The van der Waals surface area contributed by atoms with E-state index in [1.165, 1.54) is 21.9 Å². The van der Waals surface area contributed by atoms with E-state index in [9.17, 15) is 0 Å². The zero-order valence-corrected chi connectivity index (χ0v) is 20.2. The van der Waals surface area contributed by atoms with Crippen molar-refractivity contribution >= 4 is 39.1 Å². The molecule has 4 aromatic rings. The molecule has 0 aliphatic heterocycles. The van der Waals surface area contributed by atoms with Gasteiger partial charge in [-0.2, -0.15) is 0 Å². The SMILES string of the molecule is COc1cc(CNc2ccc(C)cc2C)cc(I)c1OCc1cccc2ccccc12. The van der Waals surface area contributed by atoms with Crippen LogP contribution in [0, 0.1) is 17.4 Å². The van der Waals surface area contributed by atoms with Gasteiger partial charge in [-0.3, -0.25) is 0 Å². The van der Waals surface area contributed by atoms with Crippen LogP contribution < -0.4 is 14.8 Å². The van der Waals surface area contributed by atoms with Gasteiger partial charge in [0.25, 0.3) is 0 Å². The molecular weight excluding hydrogens is 497 g/mol. The fraction of sp³-hybridized carbons (Fsp3) is 0.185. The van der Waals surface area contributed by atoms with Crippen LogP contribution in [-0.4, -0.2) is 7.11 Å². The first-order valence-electron chi connectivity index (χ1n) is 10.3. The van der Waals surface area contributed by atoms with Gasteiger partial charge in [-0.1, -0.05) is 60.2 Å². The lowest BCUT2D eigenvalue weighted by atomic mass is 10.1. The van der Waals surface area contributed by atoms with E-state index in [-0.39, 0.29) is 0 Å². The monoisotopic (exact) mass is 523 g/mol. The molecule has 0 saturated carbocycles. The van der Waals surface area contributed by atoms with Crippen LogP contribution >= 0.6 is 22.6 Å². The third-order valence-electron chi connectivity index (χ3n) is 5.41. The Kier molecular flexibility index (Phi) is 6.66. The number of aryl methyl sites for hydroxylation is 2. The molecule has 158 valence electrons. The predicted octanol–water partition coefficient (Wildman–Crippen LogP) is 7.26. The molecule has 31 heavy (non-hydrogen) atoms. The van der Waals surface area contributed by atoms with Crippen molar-refractivity contribution in [2.24, 2.45) is 0 Å². The second-order valence-electron chi connectivity index (χ2n) is 7.71. The molecule has 3 nitrogen and oxygen atoms in total. The van der Waals surface area contributed by atoms with Gasteiger partial charge in [-0.25, -0.2) is 0 Å². The average molecular weight is 523 g/mol. The van der Waals surface area contributed by atoms with Crippen LogP contribution in [-0.2, 0) is 13.2 Å². The largest absolute Gasteiger partial charge is 0.493 e. The Labute approximate surface area is 197 Å². The molecule has 4 rings (SSSR count). The van der Waals surface area contributed by atoms with Crippen molar-refractivity contribution in [2.75, 3.05) is 12.4 Å². The van der Waals surface area contributed by atoms with E-state index >= 15 is 0 Å². The number of fused-ring (bicyclic) bond motifs is 1. The average Bonchev–Trinajstić information content (AvgIpc) is 2.77. The summed E-state index contributed by atoms with van der Waals surface area (Å²) in [6.45, 7) is 5.46. The van der Waals surface area contributed by atoms with Crippen molar-refractivity contribution in [2.45, 2.75) is 27.0 Å². The van der Waals surface area contributed by atoms with E-state index in [2.05, 4.69) is 115 Å². The summed E-state index contributed by atoms with van der Waals surface area (Å²) in [5.41, 5.74) is 5.98. The quantitative estimate of drug-likeness (QED) is 0.259. The predicted molar refractivity (Wildman–Crippen MR) is 137 cm³/mol. The minimum atomic E-state index is 0.494. The molecule has 0 radical (unpaired) electrons. The number of methoxy groups -OCH3 is 1. The van der Waals surface area contributed by atoms with Gasteiger partial charge in [0.15, 0.2) is 11.5 Å². The van der Waals surface area contributed by atoms with Crippen LogP contribution in [0.4, 0.5) is 5.69 Å². The van der Waals surface area contributed by atoms with E-state index in [0.717, 1.165) is 38.4 Å². The van der Waals surface area contributed by atoms with E-state index in [1.54, 1.807) is 7.11 Å². The van der Waals surface area contributed by atoms with Crippen molar-refractivity contribution in [3.63, 3.8) is 0 Å². The molecule has 4 heteroatoms. The van der Waals surface area contributed by atoms with Gasteiger partial charge in [0.1, 0.15) is 6.61 Å². The Morgan fingerprint density at radius 2 is 1.71 bits per heavy atom. The van der Waals surface area contributed by atoms with Gasteiger partial charge in [0, 0.05) is 12.2 Å². The zero-order valence-electron chi connectivity index (χ0n) is 18.0. The van der Waals surface area contributed by atoms with Crippen molar-refractivity contribution in [3.8, 4) is 11.5 Å². The maximum atomic E-state index is 6.25. The van der Waals surface area contributed by atoms with Crippen molar-refractivity contribution < 1.29 is 9.47 Å². The summed E-state index contributed by atoms with van der Waals surface area (Å²) >= 11 is 2.33. The number of benzene rings is 4. The molecule has 0 amide bonds. The second-order valence-corrected chi connectivity index (χ2v) is 8.87. The van der Waals surface area contributed by atoms with Crippen LogP contribution in [0.1, 0.15) is 22.3 Å². The fourth-order valence-corrected chi connectivity index (χ4v) is 4.61. The molecule has 0 saturated heterocycles. The molecule has 0 bridgehead atoms. The Morgan fingerprint density at radius 1 is 0.903 bits per heavy atom. The third-order valence-corrected chi connectivity index (χ3v) is 6.21. The Balaban J connectivity index is 1.52. The Bertz CT molecular complexity index is 1210. The zero-order chi connectivity index (χ0) is 21.8. The first-order chi connectivity index (χ1) is 15.0. The van der Waals surface area contributed by atoms with Crippen LogP contribution in [0.5, 0.6) is 11.5 Å². The maximum absolute atomic E-state index is 6.25. The first kappa shape index (κ1) is 21.5. The summed E-state index contributed by atoms with van der Waals surface area (Å²) < 4.78 is 13.0. The lowest BCUT2D eigenvalue weighted by molar-refractivity contribution is 0.283. The van der Waals surface area contributed by atoms with Crippen molar-refractivity contribution in [1.29, 1.82) is 0 Å². The molecule has 0 atom stereocenters. The number of hydrogen-bond acceptors (Lipinski definition) is 3. The molecular formula is C27H26INO2. The highest BCUT2D eigenvalue weighted by atomic mass is 127. The van der Waals surface area contributed by atoms with Crippen molar-refractivity contribution in [1.82, 2.24) is 0 Å². The third kappa shape index (κ3) is 4.96. The van der Waals surface area contributed by atoms with Gasteiger partial charge in [-0.15, -0.1) is 0 Å². The Hall–Kier alpha value is -2.73. The molecule has 0 aromatic heterocycles. The summed E-state index contributed by atoms with van der Waals surface area (Å²) in [6, 6.07) is 25.4. The lowest BCUT2D eigenvalue weighted by Gasteiger charge is -2.16. The van der Waals surface area contributed by atoms with E-state index < -0.39 is 0 Å². The number of ether oxygens (including phenoxy) is 2. The van der Waals surface area contributed by atoms with Crippen LogP contribution in [0.2, 0.25) is 0 Å². The molecule has 0 heterocycles. The maximum Gasteiger partial charge on any atom is 0.174 e. The summed E-state index contributed by atoms with van der Waals surface area (Å²) in [5.74, 6) is 1.54. The second kappa shape index (κ2) is 9.60. The number of anilines is 1. The summed E-state index contributed by atoms with van der Waals surface area (Å²) in [7, 11) is 1.69. The van der Waals surface area contributed by atoms with Gasteiger partial charge in [0.05, 0.1) is 10.7 Å². The summed E-state index contributed by atoms with van der Waals surface area (Å²) in [4.78, 5) is 0. The molecule has 0 aliphatic carbocycles. The van der Waals surface area contributed by atoms with Crippen molar-refractivity contribution in [3.05, 3.63) is 98.6 Å². The number of hydrogen-bond donors (Lipinski definition) is 1.